The number of aryl methyl sites for hydroxylation is 1. The third kappa shape index (κ3) is 3.48. The number of rotatable bonds is 4. The molecule has 4 heteroatoms. The second kappa shape index (κ2) is 6.87. The maximum absolute atomic E-state index is 12.5. The van der Waals surface area contributed by atoms with Gasteiger partial charge in [-0.25, -0.2) is 4.79 Å². The monoisotopic (exact) mass is 323 g/mol. The molecule has 1 saturated heterocycles. The number of amides is 1. The summed E-state index contributed by atoms with van der Waals surface area (Å²) in [4.78, 5) is 25.3. The van der Waals surface area contributed by atoms with Crippen molar-refractivity contribution in [1.29, 1.82) is 0 Å². The fraction of sp³-hybridized carbons (Fsp3) is 0.300. The summed E-state index contributed by atoms with van der Waals surface area (Å²) >= 11 is 0. The van der Waals surface area contributed by atoms with Crippen molar-refractivity contribution < 1.29 is 14.7 Å². The van der Waals surface area contributed by atoms with Gasteiger partial charge in [-0.1, -0.05) is 36.4 Å². The van der Waals surface area contributed by atoms with Crippen LogP contribution in [-0.2, 0) is 11.2 Å². The third-order valence-corrected chi connectivity index (χ3v) is 4.73. The number of carbonyl (C=O) groups is 2. The number of carboxylic acid groups (broad SMARTS) is 1. The smallest absolute Gasteiger partial charge is 0.335 e. The number of hydrogen-bond donors (Lipinski definition) is 1. The summed E-state index contributed by atoms with van der Waals surface area (Å²) in [5.74, 6) is -0.438. The summed E-state index contributed by atoms with van der Waals surface area (Å²) in [7, 11) is 0. The van der Waals surface area contributed by atoms with Gasteiger partial charge in [0.05, 0.1) is 12.0 Å². The van der Waals surface area contributed by atoms with E-state index in [-0.39, 0.29) is 11.5 Å². The van der Waals surface area contributed by atoms with Crippen LogP contribution in [0.5, 0.6) is 0 Å². The third-order valence-electron chi connectivity index (χ3n) is 4.73. The van der Waals surface area contributed by atoms with Crippen molar-refractivity contribution in [3.8, 4) is 0 Å². The Balaban J connectivity index is 1.62. The number of nitrogens with zero attached hydrogens (tertiary/aromatic N) is 1. The fourth-order valence-electron chi connectivity index (χ4n) is 3.34. The molecule has 1 amide bonds. The van der Waals surface area contributed by atoms with Gasteiger partial charge in [0, 0.05) is 19.0 Å². The van der Waals surface area contributed by atoms with Gasteiger partial charge in [-0.15, -0.1) is 0 Å². The second-order valence-electron chi connectivity index (χ2n) is 6.36. The zero-order valence-electron chi connectivity index (χ0n) is 13.7. The molecule has 1 unspecified atom stereocenters. The normalized spacial score (nSPS) is 17.0. The number of carboxylic acids is 1. The lowest BCUT2D eigenvalue weighted by molar-refractivity contribution is -0.129. The second-order valence-corrected chi connectivity index (χ2v) is 6.36. The lowest BCUT2D eigenvalue weighted by atomic mass is 9.94. The van der Waals surface area contributed by atoms with E-state index in [1.807, 2.05) is 11.0 Å². The van der Waals surface area contributed by atoms with E-state index >= 15 is 0 Å². The standard InChI is InChI=1S/C20H21NO3/c1-14-4-2-3-5-18(14)17-10-11-21(13-17)19(22)12-15-6-8-16(9-7-15)20(23)24/h2-9,17H,10-13H2,1H3,(H,23,24). The first-order valence-electron chi connectivity index (χ1n) is 8.20. The zero-order chi connectivity index (χ0) is 17.1. The molecule has 0 saturated carbocycles. The molecule has 1 heterocycles. The summed E-state index contributed by atoms with van der Waals surface area (Å²) < 4.78 is 0. The Hall–Kier alpha value is -2.62. The van der Waals surface area contributed by atoms with Gasteiger partial charge in [0.1, 0.15) is 0 Å². The highest BCUT2D eigenvalue weighted by Crippen LogP contribution is 2.29. The molecular weight excluding hydrogens is 302 g/mol. The average molecular weight is 323 g/mol. The molecular formula is C20H21NO3. The Labute approximate surface area is 141 Å². The largest absolute Gasteiger partial charge is 0.478 e. The molecule has 0 aliphatic carbocycles. The average Bonchev–Trinajstić information content (AvgIpc) is 3.05. The molecule has 0 bridgehead atoms. The zero-order valence-corrected chi connectivity index (χ0v) is 13.7. The van der Waals surface area contributed by atoms with Crippen LogP contribution in [0.1, 0.15) is 39.4 Å². The van der Waals surface area contributed by atoms with E-state index in [1.165, 1.54) is 11.1 Å². The van der Waals surface area contributed by atoms with Crippen molar-refractivity contribution in [2.24, 2.45) is 0 Å². The topological polar surface area (TPSA) is 57.6 Å². The first-order valence-corrected chi connectivity index (χ1v) is 8.20. The van der Waals surface area contributed by atoms with Gasteiger partial charge in [-0.3, -0.25) is 4.79 Å². The van der Waals surface area contributed by atoms with E-state index < -0.39 is 5.97 Å². The Morgan fingerprint density at radius 2 is 1.83 bits per heavy atom. The Bertz CT molecular complexity index is 752. The van der Waals surface area contributed by atoms with Crippen molar-refractivity contribution in [3.63, 3.8) is 0 Å². The van der Waals surface area contributed by atoms with Crippen molar-refractivity contribution in [2.45, 2.75) is 25.7 Å². The molecule has 1 fully saturated rings. The molecule has 0 radical (unpaired) electrons. The minimum atomic E-state index is -0.950. The maximum atomic E-state index is 12.5. The number of benzene rings is 2. The first-order chi connectivity index (χ1) is 11.5. The van der Waals surface area contributed by atoms with Crippen LogP contribution in [0, 0.1) is 6.92 Å². The van der Waals surface area contributed by atoms with Gasteiger partial charge >= 0.3 is 5.97 Å². The summed E-state index contributed by atoms with van der Waals surface area (Å²) in [6.45, 7) is 3.66. The van der Waals surface area contributed by atoms with E-state index in [0.29, 0.717) is 12.3 Å². The van der Waals surface area contributed by atoms with Crippen molar-refractivity contribution in [1.82, 2.24) is 4.90 Å². The van der Waals surface area contributed by atoms with Gasteiger partial charge in [0.2, 0.25) is 5.91 Å². The van der Waals surface area contributed by atoms with E-state index in [9.17, 15) is 9.59 Å². The number of likely N-dealkylation sites (tertiary alicyclic amines) is 1. The van der Waals surface area contributed by atoms with E-state index in [4.69, 9.17) is 5.11 Å². The SMILES string of the molecule is Cc1ccccc1C1CCN(C(=O)Cc2ccc(C(=O)O)cc2)C1. The lowest BCUT2D eigenvalue weighted by Crippen LogP contribution is -2.29. The van der Waals surface area contributed by atoms with Crippen LogP contribution in [0.4, 0.5) is 0 Å². The van der Waals surface area contributed by atoms with Crippen LogP contribution in [-0.4, -0.2) is 35.0 Å². The molecule has 124 valence electrons. The van der Waals surface area contributed by atoms with Crippen LogP contribution in [0.2, 0.25) is 0 Å². The lowest BCUT2D eigenvalue weighted by Gasteiger charge is -2.17. The van der Waals surface area contributed by atoms with Crippen LogP contribution >= 0.6 is 0 Å². The van der Waals surface area contributed by atoms with E-state index in [0.717, 1.165) is 25.1 Å². The van der Waals surface area contributed by atoms with Crippen LogP contribution < -0.4 is 0 Å². The van der Waals surface area contributed by atoms with Gasteiger partial charge in [-0.05, 0) is 42.2 Å². The van der Waals surface area contributed by atoms with Crippen molar-refractivity contribution >= 4 is 11.9 Å². The maximum Gasteiger partial charge on any atom is 0.335 e. The Morgan fingerprint density at radius 1 is 1.12 bits per heavy atom. The van der Waals surface area contributed by atoms with Gasteiger partial charge < -0.3 is 10.0 Å². The predicted octanol–water partition coefficient (Wildman–Crippen LogP) is 3.25. The quantitative estimate of drug-likeness (QED) is 0.939. The van der Waals surface area contributed by atoms with Gasteiger partial charge in [-0.2, -0.15) is 0 Å². The molecule has 0 spiro atoms. The summed E-state index contributed by atoms with van der Waals surface area (Å²) in [5, 5.41) is 8.91. The van der Waals surface area contributed by atoms with E-state index in [2.05, 4.69) is 25.1 Å². The number of carbonyl (C=O) groups excluding carboxylic acids is 1. The first kappa shape index (κ1) is 16.2. The molecule has 4 nitrogen and oxygen atoms in total. The van der Waals surface area contributed by atoms with Crippen molar-refractivity contribution in [2.75, 3.05) is 13.1 Å². The number of aromatic carboxylic acids is 1. The molecule has 1 aliphatic rings. The van der Waals surface area contributed by atoms with Crippen LogP contribution in [0.3, 0.4) is 0 Å². The van der Waals surface area contributed by atoms with Gasteiger partial charge in [0.15, 0.2) is 0 Å². The van der Waals surface area contributed by atoms with E-state index in [1.54, 1.807) is 24.3 Å². The summed E-state index contributed by atoms with van der Waals surface area (Å²) in [6, 6.07) is 14.9. The fourth-order valence-corrected chi connectivity index (χ4v) is 3.34. The molecule has 1 aliphatic heterocycles. The highest BCUT2D eigenvalue weighted by atomic mass is 16.4. The summed E-state index contributed by atoms with van der Waals surface area (Å²) in [6.07, 6.45) is 1.31. The minimum absolute atomic E-state index is 0.106. The molecule has 24 heavy (non-hydrogen) atoms. The highest BCUT2D eigenvalue weighted by Gasteiger charge is 2.27. The Kier molecular flexibility index (Phi) is 4.65. The Morgan fingerprint density at radius 3 is 2.50 bits per heavy atom. The minimum Gasteiger partial charge on any atom is -0.478 e. The van der Waals surface area contributed by atoms with Gasteiger partial charge in [0.25, 0.3) is 0 Å². The summed E-state index contributed by atoms with van der Waals surface area (Å²) in [5.41, 5.74) is 3.70. The molecule has 1 atom stereocenters. The van der Waals surface area contributed by atoms with Crippen LogP contribution in [0.15, 0.2) is 48.5 Å². The molecule has 3 rings (SSSR count). The molecule has 1 N–H and O–H groups in total. The molecule has 0 aromatic heterocycles. The number of hydrogen-bond acceptors (Lipinski definition) is 2. The van der Waals surface area contributed by atoms with Crippen molar-refractivity contribution in [3.05, 3.63) is 70.8 Å². The van der Waals surface area contributed by atoms with Crippen LogP contribution in [0.25, 0.3) is 0 Å². The highest BCUT2D eigenvalue weighted by molar-refractivity contribution is 5.87. The molecule has 2 aromatic carbocycles. The predicted molar refractivity (Wildman–Crippen MR) is 92.2 cm³/mol. The molecule has 2 aromatic rings.